The molecule has 1 aliphatic rings. The molecular weight excluding hydrogens is 277 g/mol. The van der Waals surface area contributed by atoms with Gasteiger partial charge in [0.2, 0.25) is 0 Å². The Labute approximate surface area is 131 Å². The smallest absolute Gasteiger partial charge is 0.152 e. The molecule has 0 atom stereocenters. The lowest BCUT2D eigenvalue weighted by Gasteiger charge is -2.21. The summed E-state index contributed by atoms with van der Waals surface area (Å²) >= 11 is 0. The van der Waals surface area contributed by atoms with E-state index in [1.165, 1.54) is 17.7 Å². The predicted molar refractivity (Wildman–Crippen MR) is 86.5 cm³/mol. The third-order valence-electron chi connectivity index (χ3n) is 4.61. The number of hydrogen-bond acceptors (Lipinski definition) is 3. The van der Waals surface area contributed by atoms with Crippen molar-refractivity contribution in [1.82, 2.24) is 10.2 Å². The minimum Gasteiger partial charge on any atom is -0.359 e. The number of aromatic nitrogens is 2. The zero-order valence-electron chi connectivity index (χ0n) is 13.6. The van der Waals surface area contributed by atoms with Gasteiger partial charge >= 0.3 is 0 Å². The number of hydrogen-bond donors (Lipinski definition) is 1. The number of anilines is 1. The molecule has 0 spiro atoms. The van der Waals surface area contributed by atoms with Gasteiger partial charge in [-0.25, -0.2) is 4.39 Å². The quantitative estimate of drug-likeness (QED) is 0.906. The van der Waals surface area contributed by atoms with Crippen molar-refractivity contribution in [1.29, 1.82) is 0 Å². The van der Waals surface area contributed by atoms with E-state index in [0.717, 1.165) is 35.5 Å². The summed E-state index contributed by atoms with van der Waals surface area (Å²) in [4.78, 5) is 0. The molecule has 1 aromatic heterocycles. The molecule has 3 rings (SSSR count). The molecule has 0 aliphatic heterocycles. The maximum atomic E-state index is 13.1. The Bertz CT molecular complexity index is 688. The molecular formula is C18H22FN3. The molecule has 1 N–H and O–H groups in total. The van der Waals surface area contributed by atoms with Gasteiger partial charge in [0.15, 0.2) is 5.82 Å². The Morgan fingerprint density at radius 2 is 1.68 bits per heavy atom. The molecule has 22 heavy (non-hydrogen) atoms. The van der Waals surface area contributed by atoms with Gasteiger partial charge in [0.05, 0.1) is 11.2 Å². The zero-order chi connectivity index (χ0) is 15.9. The second-order valence-corrected chi connectivity index (χ2v) is 6.55. The van der Waals surface area contributed by atoms with Gasteiger partial charge in [-0.3, -0.25) is 0 Å². The second-order valence-electron chi connectivity index (χ2n) is 6.55. The summed E-state index contributed by atoms with van der Waals surface area (Å²) in [5, 5.41) is 12.3. The first-order valence-electron chi connectivity index (χ1n) is 7.81. The van der Waals surface area contributed by atoms with E-state index in [9.17, 15) is 4.39 Å². The molecule has 3 nitrogen and oxygen atoms in total. The van der Waals surface area contributed by atoms with Crippen molar-refractivity contribution in [2.75, 3.05) is 5.32 Å². The third kappa shape index (κ3) is 2.58. The normalized spacial score (nSPS) is 15.9. The molecule has 4 heteroatoms. The van der Waals surface area contributed by atoms with Gasteiger partial charge < -0.3 is 5.32 Å². The van der Waals surface area contributed by atoms with E-state index in [4.69, 9.17) is 0 Å². The average Bonchev–Trinajstić information content (AvgIpc) is 3.25. The Morgan fingerprint density at radius 3 is 2.23 bits per heavy atom. The Morgan fingerprint density at radius 1 is 1.05 bits per heavy atom. The van der Waals surface area contributed by atoms with Crippen LogP contribution in [0.1, 0.15) is 55.0 Å². The fourth-order valence-electron chi connectivity index (χ4n) is 2.90. The van der Waals surface area contributed by atoms with Crippen molar-refractivity contribution in [2.45, 2.75) is 52.0 Å². The lowest BCUT2D eigenvalue weighted by atomic mass is 10.0. The van der Waals surface area contributed by atoms with Crippen molar-refractivity contribution < 1.29 is 4.39 Å². The van der Waals surface area contributed by atoms with Gasteiger partial charge in [0, 0.05) is 0 Å². The van der Waals surface area contributed by atoms with Crippen molar-refractivity contribution in [3.63, 3.8) is 0 Å². The Balaban J connectivity index is 1.90. The molecule has 116 valence electrons. The average molecular weight is 299 g/mol. The van der Waals surface area contributed by atoms with Crippen LogP contribution in [-0.2, 0) is 5.54 Å². The molecule has 0 saturated heterocycles. The topological polar surface area (TPSA) is 37.8 Å². The highest BCUT2D eigenvalue weighted by molar-refractivity contribution is 5.53. The zero-order valence-corrected chi connectivity index (χ0v) is 13.6. The van der Waals surface area contributed by atoms with Crippen LogP contribution in [0.3, 0.4) is 0 Å². The standard InChI is InChI=1S/C18H22FN3/c1-11(2)16-12(3)13(4)17(22-21-16)20-18(9-10-18)14-5-7-15(19)8-6-14/h5-8,11H,9-10H2,1-4H3,(H,20,22). The van der Waals surface area contributed by atoms with Crippen LogP contribution in [0.5, 0.6) is 0 Å². The van der Waals surface area contributed by atoms with Crippen molar-refractivity contribution in [2.24, 2.45) is 0 Å². The van der Waals surface area contributed by atoms with Gasteiger partial charge in [-0.1, -0.05) is 26.0 Å². The van der Waals surface area contributed by atoms with Crippen LogP contribution in [0, 0.1) is 19.7 Å². The maximum Gasteiger partial charge on any atom is 0.152 e. The molecule has 1 saturated carbocycles. The summed E-state index contributed by atoms with van der Waals surface area (Å²) in [6, 6.07) is 6.74. The summed E-state index contributed by atoms with van der Waals surface area (Å²) in [6.45, 7) is 8.44. The molecule has 1 aromatic carbocycles. The molecule has 1 fully saturated rings. The highest BCUT2D eigenvalue weighted by Gasteiger charge is 2.45. The van der Waals surface area contributed by atoms with E-state index >= 15 is 0 Å². The largest absolute Gasteiger partial charge is 0.359 e. The Hall–Kier alpha value is -1.97. The first-order chi connectivity index (χ1) is 10.4. The summed E-state index contributed by atoms with van der Waals surface area (Å²) in [7, 11) is 0. The highest BCUT2D eigenvalue weighted by Crippen LogP contribution is 2.48. The first-order valence-corrected chi connectivity index (χ1v) is 7.81. The monoisotopic (exact) mass is 299 g/mol. The molecule has 1 aliphatic carbocycles. The maximum absolute atomic E-state index is 13.1. The van der Waals surface area contributed by atoms with E-state index in [1.807, 2.05) is 12.1 Å². The molecule has 2 aromatic rings. The van der Waals surface area contributed by atoms with E-state index < -0.39 is 0 Å². The lowest BCUT2D eigenvalue weighted by molar-refractivity contribution is 0.625. The second kappa shape index (κ2) is 5.34. The number of halogens is 1. The van der Waals surface area contributed by atoms with Gasteiger partial charge in [-0.15, -0.1) is 5.10 Å². The summed E-state index contributed by atoms with van der Waals surface area (Å²) in [5.74, 6) is 1.00. The minimum atomic E-state index is -0.201. The molecule has 0 unspecified atom stereocenters. The predicted octanol–water partition coefficient (Wildman–Crippen LogP) is 4.46. The van der Waals surface area contributed by atoms with Gasteiger partial charge in [-0.05, 0) is 61.4 Å². The number of rotatable bonds is 4. The number of nitrogens with one attached hydrogen (secondary N) is 1. The molecule has 0 amide bonds. The van der Waals surface area contributed by atoms with Crippen LogP contribution in [0.2, 0.25) is 0 Å². The number of benzene rings is 1. The highest BCUT2D eigenvalue weighted by atomic mass is 19.1. The first kappa shape index (κ1) is 14.9. The van der Waals surface area contributed by atoms with Crippen LogP contribution >= 0.6 is 0 Å². The minimum absolute atomic E-state index is 0.112. The van der Waals surface area contributed by atoms with Crippen molar-refractivity contribution in [3.8, 4) is 0 Å². The fourth-order valence-corrected chi connectivity index (χ4v) is 2.90. The summed E-state index contributed by atoms with van der Waals surface area (Å²) < 4.78 is 13.1. The molecule has 0 radical (unpaired) electrons. The number of nitrogens with zero attached hydrogens (tertiary/aromatic N) is 2. The molecule has 1 heterocycles. The van der Waals surface area contributed by atoms with Crippen molar-refractivity contribution >= 4 is 5.82 Å². The van der Waals surface area contributed by atoms with Crippen LogP contribution in [0.4, 0.5) is 10.2 Å². The summed E-state index contributed by atoms with van der Waals surface area (Å²) in [5.41, 5.74) is 4.39. The third-order valence-corrected chi connectivity index (χ3v) is 4.61. The van der Waals surface area contributed by atoms with Gasteiger partial charge in [0.1, 0.15) is 5.82 Å². The van der Waals surface area contributed by atoms with Gasteiger partial charge in [0.25, 0.3) is 0 Å². The van der Waals surface area contributed by atoms with Crippen LogP contribution < -0.4 is 5.32 Å². The lowest BCUT2D eigenvalue weighted by Crippen LogP contribution is -2.21. The fraction of sp³-hybridized carbons (Fsp3) is 0.444. The van der Waals surface area contributed by atoms with Crippen LogP contribution in [0.15, 0.2) is 24.3 Å². The summed E-state index contributed by atoms with van der Waals surface area (Å²) in [6.07, 6.45) is 2.06. The van der Waals surface area contributed by atoms with Crippen LogP contribution in [-0.4, -0.2) is 10.2 Å². The van der Waals surface area contributed by atoms with Crippen molar-refractivity contribution in [3.05, 3.63) is 52.5 Å². The van der Waals surface area contributed by atoms with E-state index in [2.05, 4.69) is 43.2 Å². The molecule has 0 bridgehead atoms. The van der Waals surface area contributed by atoms with Gasteiger partial charge in [-0.2, -0.15) is 5.10 Å². The van der Waals surface area contributed by atoms with Crippen LogP contribution in [0.25, 0.3) is 0 Å². The van der Waals surface area contributed by atoms with E-state index in [-0.39, 0.29) is 11.4 Å². The van der Waals surface area contributed by atoms with E-state index in [1.54, 1.807) is 0 Å². The SMILES string of the molecule is Cc1c(NC2(c3ccc(F)cc3)CC2)nnc(C(C)C)c1C. The Kier molecular flexibility index (Phi) is 3.63. The van der Waals surface area contributed by atoms with E-state index in [0.29, 0.717) is 5.92 Å².